The van der Waals surface area contributed by atoms with Crippen molar-refractivity contribution < 1.29 is 22.7 Å². The SMILES string of the molecule is CN(C)C1(c2ccccc2)CCC2(CC1)CN(c1cnc(N3CCOCC3)c(C(F)(F)F)c1)C(=O)N2. The van der Waals surface area contributed by atoms with Crippen molar-refractivity contribution >= 4 is 17.5 Å². The molecule has 1 aromatic carbocycles. The van der Waals surface area contributed by atoms with Crippen molar-refractivity contribution in [3.05, 3.63) is 53.7 Å². The van der Waals surface area contributed by atoms with Crippen LogP contribution in [0.25, 0.3) is 0 Å². The number of anilines is 2. The second-order valence-electron chi connectivity index (χ2n) is 10.3. The molecule has 0 unspecified atom stereocenters. The lowest BCUT2D eigenvalue weighted by atomic mass is 9.69. The number of nitrogens with zero attached hydrogens (tertiary/aromatic N) is 4. The molecule has 36 heavy (non-hydrogen) atoms. The van der Waals surface area contributed by atoms with E-state index in [9.17, 15) is 18.0 Å². The van der Waals surface area contributed by atoms with Gasteiger partial charge in [0.05, 0.1) is 37.2 Å². The molecule has 3 aliphatic rings. The molecule has 194 valence electrons. The van der Waals surface area contributed by atoms with Crippen LogP contribution in [-0.2, 0) is 16.5 Å². The van der Waals surface area contributed by atoms with Gasteiger partial charge >= 0.3 is 12.2 Å². The van der Waals surface area contributed by atoms with Gasteiger partial charge in [0.25, 0.3) is 0 Å². The summed E-state index contributed by atoms with van der Waals surface area (Å²) in [5, 5.41) is 3.11. The monoisotopic (exact) mass is 503 g/mol. The molecule has 2 saturated heterocycles. The molecule has 1 aromatic heterocycles. The second kappa shape index (κ2) is 9.23. The Balaban J connectivity index is 1.38. The first-order valence-corrected chi connectivity index (χ1v) is 12.4. The highest BCUT2D eigenvalue weighted by molar-refractivity contribution is 5.95. The number of halogens is 3. The molecule has 3 heterocycles. The van der Waals surface area contributed by atoms with Gasteiger partial charge in [-0.2, -0.15) is 13.2 Å². The Morgan fingerprint density at radius 2 is 1.72 bits per heavy atom. The maximum Gasteiger partial charge on any atom is 0.420 e. The lowest BCUT2D eigenvalue weighted by Crippen LogP contribution is -2.54. The predicted octanol–water partition coefficient (Wildman–Crippen LogP) is 4.24. The van der Waals surface area contributed by atoms with Gasteiger partial charge in [-0.3, -0.25) is 9.80 Å². The molecule has 7 nitrogen and oxygen atoms in total. The Morgan fingerprint density at radius 1 is 1.06 bits per heavy atom. The van der Waals surface area contributed by atoms with E-state index in [4.69, 9.17) is 4.74 Å². The largest absolute Gasteiger partial charge is 0.420 e. The van der Waals surface area contributed by atoms with Crippen LogP contribution in [0.1, 0.15) is 36.8 Å². The summed E-state index contributed by atoms with van der Waals surface area (Å²) in [7, 11) is 4.15. The number of urea groups is 1. The summed E-state index contributed by atoms with van der Waals surface area (Å²) in [5.74, 6) is -0.111. The molecule has 5 rings (SSSR count). The van der Waals surface area contributed by atoms with Gasteiger partial charge < -0.3 is 15.0 Å². The van der Waals surface area contributed by atoms with E-state index in [2.05, 4.69) is 41.4 Å². The zero-order valence-electron chi connectivity index (χ0n) is 20.6. The topological polar surface area (TPSA) is 60.9 Å². The van der Waals surface area contributed by atoms with Crippen molar-refractivity contribution in [1.82, 2.24) is 15.2 Å². The Hall–Kier alpha value is -2.85. The highest BCUT2D eigenvalue weighted by Crippen LogP contribution is 2.47. The average Bonchev–Trinajstić information content (AvgIpc) is 3.20. The van der Waals surface area contributed by atoms with Crippen LogP contribution < -0.4 is 15.1 Å². The summed E-state index contributed by atoms with van der Waals surface area (Å²) in [6.45, 7) is 1.72. The van der Waals surface area contributed by atoms with E-state index in [1.165, 1.54) is 16.7 Å². The molecule has 3 fully saturated rings. The Bertz CT molecular complexity index is 1090. The number of pyridine rings is 1. The van der Waals surface area contributed by atoms with Crippen LogP contribution in [0.4, 0.5) is 29.5 Å². The van der Waals surface area contributed by atoms with Gasteiger partial charge in [-0.05, 0) is 51.4 Å². The van der Waals surface area contributed by atoms with E-state index in [1.54, 1.807) is 4.90 Å². The fourth-order valence-corrected chi connectivity index (χ4v) is 5.91. The molecule has 1 saturated carbocycles. The Labute approximate surface area is 209 Å². The highest BCUT2D eigenvalue weighted by Gasteiger charge is 2.50. The number of amides is 2. The molecule has 0 atom stereocenters. The molecular weight excluding hydrogens is 471 g/mol. The fraction of sp³-hybridized carbons (Fsp3) is 0.538. The third-order valence-electron chi connectivity index (χ3n) is 8.06. The van der Waals surface area contributed by atoms with Gasteiger partial charge in [-0.1, -0.05) is 30.3 Å². The van der Waals surface area contributed by atoms with Crippen LogP contribution in [0.2, 0.25) is 0 Å². The van der Waals surface area contributed by atoms with Gasteiger partial charge in [0.1, 0.15) is 11.4 Å². The zero-order valence-corrected chi connectivity index (χ0v) is 20.6. The van der Waals surface area contributed by atoms with Crippen molar-refractivity contribution in [3.63, 3.8) is 0 Å². The van der Waals surface area contributed by atoms with Crippen molar-refractivity contribution in [1.29, 1.82) is 0 Å². The van der Waals surface area contributed by atoms with Gasteiger partial charge in [-0.25, -0.2) is 9.78 Å². The van der Waals surface area contributed by atoms with Crippen molar-refractivity contribution in [2.45, 2.75) is 42.9 Å². The molecule has 1 spiro atoms. The Morgan fingerprint density at radius 3 is 2.33 bits per heavy atom. The summed E-state index contributed by atoms with van der Waals surface area (Å²) in [6, 6.07) is 11.0. The second-order valence-corrected chi connectivity index (χ2v) is 10.3. The molecule has 1 aliphatic carbocycles. The van der Waals surface area contributed by atoms with Crippen molar-refractivity contribution in [3.8, 4) is 0 Å². The standard InChI is InChI=1S/C26H32F3N5O2/c1-32(2)25(19-6-4-3-5-7-19)10-8-24(9-11-25)18-34(23(35)31-24)20-16-21(26(27,28)29)22(30-17-20)33-12-14-36-15-13-33/h3-7,16-17H,8-15,18H2,1-2H3,(H,31,35). The number of carbonyl (C=O) groups excluding carboxylic acids is 1. The molecule has 0 radical (unpaired) electrons. The fourth-order valence-electron chi connectivity index (χ4n) is 5.91. The van der Waals surface area contributed by atoms with Crippen LogP contribution in [0.15, 0.2) is 42.6 Å². The van der Waals surface area contributed by atoms with Gasteiger partial charge in [0, 0.05) is 18.6 Å². The van der Waals surface area contributed by atoms with Crippen LogP contribution >= 0.6 is 0 Å². The van der Waals surface area contributed by atoms with Gasteiger partial charge in [0.15, 0.2) is 0 Å². The maximum absolute atomic E-state index is 14.0. The number of hydrogen-bond acceptors (Lipinski definition) is 5. The lowest BCUT2D eigenvalue weighted by molar-refractivity contribution is -0.137. The number of morpholine rings is 1. The number of carbonyl (C=O) groups is 1. The lowest BCUT2D eigenvalue weighted by Gasteiger charge is -2.48. The molecule has 2 aliphatic heterocycles. The Kier molecular flexibility index (Phi) is 6.36. The van der Waals surface area contributed by atoms with Crippen LogP contribution in [0.3, 0.4) is 0 Å². The summed E-state index contributed by atoms with van der Waals surface area (Å²) in [4.78, 5) is 22.5. The number of hydrogen-bond donors (Lipinski definition) is 1. The number of ether oxygens (including phenoxy) is 1. The van der Waals surface area contributed by atoms with Crippen molar-refractivity contribution in [2.24, 2.45) is 0 Å². The number of alkyl halides is 3. The van der Waals surface area contributed by atoms with E-state index in [0.29, 0.717) is 32.8 Å². The first kappa shape index (κ1) is 24.8. The molecule has 2 amide bonds. The quantitative estimate of drug-likeness (QED) is 0.677. The molecular formula is C26H32F3N5O2. The maximum atomic E-state index is 14.0. The summed E-state index contributed by atoms with van der Waals surface area (Å²) in [5.41, 5.74) is -0.0396. The molecule has 10 heteroatoms. The zero-order chi connectivity index (χ0) is 25.6. The van der Waals surface area contributed by atoms with E-state index >= 15 is 0 Å². The summed E-state index contributed by atoms with van der Waals surface area (Å²) < 4.78 is 47.3. The summed E-state index contributed by atoms with van der Waals surface area (Å²) in [6.07, 6.45) is -0.0757. The minimum Gasteiger partial charge on any atom is -0.378 e. The number of nitrogens with one attached hydrogen (secondary N) is 1. The molecule has 0 bridgehead atoms. The number of benzene rings is 1. The number of rotatable bonds is 4. The van der Waals surface area contributed by atoms with E-state index in [-0.39, 0.29) is 23.1 Å². The van der Waals surface area contributed by atoms with E-state index in [1.807, 2.05) is 18.2 Å². The number of aromatic nitrogens is 1. The first-order valence-electron chi connectivity index (χ1n) is 12.4. The first-order chi connectivity index (χ1) is 17.1. The summed E-state index contributed by atoms with van der Waals surface area (Å²) >= 11 is 0. The third kappa shape index (κ3) is 4.41. The van der Waals surface area contributed by atoms with E-state index < -0.39 is 17.3 Å². The van der Waals surface area contributed by atoms with Crippen molar-refractivity contribution in [2.75, 3.05) is 56.7 Å². The normalized spacial score (nSPS) is 27.1. The minimum atomic E-state index is -4.59. The third-order valence-corrected chi connectivity index (χ3v) is 8.06. The average molecular weight is 504 g/mol. The van der Waals surface area contributed by atoms with Crippen LogP contribution in [-0.4, -0.2) is 68.4 Å². The van der Waals surface area contributed by atoms with E-state index in [0.717, 1.165) is 31.7 Å². The highest BCUT2D eigenvalue weighted by atomic mass is 19.4. The minimum absolute atomic E-state index is 0.111. The van der Waals surface area contributed by atoms with Gasteiger partial charge in [-0.15, -0.1) is 0 Å². The molecule has 1 N–H and O–H groups in total. The van der Waals surface area contributed by atoms with Crippen LogP contribution in [0.5, 0.6) is 0 Å². The predicted molar refractivity (Wildman–Crippen MR) is 131 cm³/mol. The smallest absolute Gasteiger partial charge is 0.378 e. The van der Waals surface area contributed by atoms with Gasteiger partial charge in [0.2, 0.25) is 0 Å². The van der Waals surface area contributed by atoms with Crippen LogP contribution in [0, 0.1) is 0 Å². The molecule has 2 aromatic rings.